The summed E-state index contributed by atoms with van der Waals surface area (Å²) in [6.07, 6.45) is 5.93. The summed E-state index contributed by atoms with van der Waals surface area (Å²) in [7, 11) is 0. The molecule has 1 saturated heterocycles. The zero-order chi connectivity index (χ0) is 12.9. The van der Waals surface area contributed by atoms with Crippen LogP contribution in [-0.4, -0.2) is 24.2 Å². The van der Waals surface area contributed by atoms with Gasteiger partial charge in [-0.05, 0) is 30.9 Å². The van der Waals surface area contributed by atoms with Gasteiger partial charge < -0.3 is 10.1 Å². The maximum absolute atomic E-state index is 5.73. The normalized spacial score (nSPS) is 19.7. The average molecular weight is 256 g/mol. The van der Waals surface area contributed by atoms with Crippen molar-refractivity contribution in [2.75, 3.05) is 13.2 Å². The quantitative estimate of drug-likeness (QED) is 0.913. The van der Waals surface area contributed by atoms with E-state index in [1.54, 1.807) is 0 Å². The average Bonchev–Trinajstić information content (AvgIpc) is 2.49. The Morgan fingerprint density at radius 3 is 3.05 bits per heavy atom. The van der Waals surface area contributed by atoms with E-state index in [2.05, 4.69) is 34.6 Å². The molecule has 0 spiro atoms. The highest BCUT2D eigenvalue weighted by Crippen LogP contribution is 2.16. The smallest absolute Gasteiger partial charge is 0.0746 e. The summed E-state index contributed by atoms with van der Waals surface area (Å²) in [5.74, 6) is 0. The van der Waals surface area contributed by atoms with Gasteiger partial charge in [0, 0.05) is 31.3 Å². The van der Waals surface area contributed by atoms with Crippen molar-refractivity contribution in [3.63, 3.8) is 0 Å². The first-order chi connectivity index (χ1) is 9.43. The van der Waals surface area contributed by atoms with Crippen molar-refractivity contribution in [2.24, 2.45) is 0 Å². The van der Waals surface area contributed by atoms with Crippen LogP contribution in [0.3, 0.4) is 0 Å². The van der Waals surface area contributed by atoms with Gasteiger partial charge in [0.25, 0.3) is 0 Å². The molecule has 0 radical (unpaired) electrons. The van der Waals surface area contributed by atoms with Crippen molar-refractivity contribution in [3.05, 3.63) is 42.1 Å². The van der Waals surface area contributed by atoms with E-state index in [-0.39, 0.29) is 0 Å². The Kier molecular flexibility index (Phi) is 4.06. The molecule has 3 rings (SSSR count). The largest absolute Gasteiger partial charge is 0.377 e. The van der Waals surface area contributed by atoms with Crippen molar-refractivity contribution < 1.29 is 4.74 Å². The summed E-state index contributed by atoms with van der Waals surface area (Å²) >= 11 is 0. The van der Waals surface area contributed by atoms with Gasteiger partial charge in [0.2, 0.25) is 0 Å². The molecule has 3 nitrogen and oxygen atoms in total. The van der Waals surface area contributed by atoms with Gasteiger partial charge in [-0.25, -0.2) is 0 Å². The molecule has 19 heavy (non-hydrogen) atoms. The molecule has 0 saturated carbocycles. The lowest BCUT2D eigenvalue weighted by Gasteiger charge is -2.22. The van der Waals surface area contributed by atoms with E-state index in [9.17, 15) is 0 Å². The molecule has 2 aromatic rings. The van der Waals surface area contributed by atoms with Gasteiger partial charge in [-0.15, -0.1) is 0 Å². The second kappa shape index (κ2) is 6.13. The van der Waals surface area contributed by atoms with Gasteiger partial charge in [-0.1, -0.05) is 24.3 Å². The number of aromatic nitrogens is 1. The van der Waals surface area contributed by atoms with Crippen LogP contribution in [0.1, 0.15) is 24.8 Å². The highest BCUT2D eigenvalue weighted by Gasteiger charge is 2.13. The Bertz CT molecular complexity index is 530. The molecule has 1 N–H and O–H groups in total. The lowest BCUT2D eigenvalue weighted by atomic mass is 10.1. The Balaban J connectivity index is 1.62. The van der Waals surface area contributed by atoms with Gasteiger partial charge in [0.05, 0.1) is 11.6 Å². The van der Waals surface area contributed by atoms with Crippen LogP contribution in [0.15, 0.2) is 36.5 Å². The Morgan fingerprint density at radius 2 is 2.16 bits per heavy atom. The van der Waals surface area contributed by atoms with Crippen molar-refractivity contribution >= 4 is 10.9 Å². The van der Waals surface area contributed by atoms with E-state index in [4.69, 9.17) is 4.74 Å². The number of hydrogen-bond acceptors (Lipinski definition) is 3. The van der Waals surface area contributed by atoms with Gasteiger partial charge in [-0.2, -0.15) is 0 Å². The molecule has 1 aliphatic rings. The Hall–Kier alpha value is -1.45. The molecular weight excluding hydrogens is 236 g/mol. The number of hydrogen-bond donors (Lipinski definition) is 1. The van der Waals surface area contributed by atoms with Crippen LogP contribution in [0, 0.1) is 0 Å². The molecular formula is C16H20N2O. The minimum Gasteiger partial charge on any atom is -0.377 e. The third kappa shape index (κ3) is 3.11. The molecule has 1 aromatic carbocycles. The van der Waals surface area contributed by atoms with Crippen molar-refractivity contribution in [3.8, 4) is 0 Å². The fourth-order valence-electron chi connectivity index (χ4n) is 2.65. The van der Waals surface area contributed by atoms with Gasteiger partial charge in [-0.3, -0.25) is 4.98 Å². The van der Waals surface area contributed by atoms with Crippen LogP contribution in [0.4, 0.5) is 0 Å². The molecule has 1 fully saturated rings. The molecule has 1 unspecified atom stereocenters. The summed E-state index contributed by atoms with van der Waals surface area (Å²) < 4.78 is 5.73. The van der Waals surface area contributed by atoms with E-state index in [1.807, 2.05) is 12.3 Å². The predicted molar refractivity (Wildman–Crippen MR) is 77.0 cm³/mol. The van der Waals surface area contributed by atoms with E-state index >= 15 is 0 Å². The van der Waals surface area contributed by atoms with E-state index in [0.29, 0.717) is 6.10 Å². The van der Waals surface area contributed by atoms with Crippen LogP contribution in [0.25, 0.3) is 10.9 Å². The monoisotopic (exact) mass is 256 g/mol. The van der Waals surface area contributed by atoms with Crippen LogP contribution in [0.2, 0.25) is 0 Å². The van der Waals surface area contributed by atoms with Crippen LogP contribution < -0.4 is 5.32 Å². The van der Waals surface area contributed by atoms with E-state index in [1.165, 1.54) is 30.2 Å². The third-order valence-corrected chi connectivity index (χ3v) is 3.68. The third-order valence-electron chi connectivity index (χ3n) is 3.68. The standard InChI is InChI=1S/C16H20N2O/c1-2-10-19-15(8-1)12-17-11-14-6-3-5-13-7-4-9-18-16(13)14/h3-7,9,15,17H,1-2,8,10-12H2. The lowest BCUT2D eigenvalue weighted by molar-refractivity contribution is 0.0168. The second-order valence-corrected chi connectivity index (χ2v) is 5.11. The van der Waals surface area contributed by atoms with Crippen LogP contribution in [0.5, 0.6) is 0 Å². The molecule has 1 atom stereocenters. The summed E-state index contributed by atoms with van der Waals surface area (Å²) in [6.45, 7) is 2.71. The number of pyridine rings is 1. The molecule has 0 amide bonds. The summed E-state index contributed by atoms with van der Waals surface area (Å²) in [5, 5.41) is 4.70. The Morgan fingerprint density at radius 1 is 1.21 bits per heavy atom. The molecule has 1 aliphatic heterocycles. The highest BCUT2D eigenvalue weighted by atomic mass is 16.5. The number of ether oxygens (including phenoxy) is 1. The molecule has 2 heterocycles. The number of para-hydroxylation sites is 1. The molecule has 3 heteroatoms. The number of rotatable bonds is 4. The molecule has 1 aromatic heterocycles. The first-order valence-electron chi connectivity index (χ1n) is 7.08. The first-order valence-corrected chi connectivity index (χ1v) is 7.08. The number of nitrogens with one attached hydrogen (secondary N) is 1. The maximum atomic E-state index is 5.73. The molecule has 0 aliphatic carbocycles. The van der Waals surface area contributed by atoms with Crippen LogP contribution in [-0.2, 0) is 11.3 Å². The Labute approximate surface area is 114 Å². The number of benzene rings is 1. The molecule has 0 bridgehead atoms. The van der Waals surface area contributed by atoms with Crippen LogP contribution >= 0.6 is 0 Å². The maximum Gasteiger partial charge on any atom is 0.0746 e. The van der Waals surface area contributed by atoms with Crippen molar-refractivity contribution in [1.29, 1.82) is 0 Å². The highest BCUT2D eigenvalue weighted by molar-refractivity contribution is 5.81. The summed E-state index contributed by atoms with van der Waals surface area (Å²) in [4.78, 5) is 4.48. The summed E-state index contributed by atoms with van der Waals surface area (Å²) in [5.41, 5.74) is 2.36. The topological polar surface area (TPSA) is 34.2 Å². The van der Waals surface area contributed by atoms with Crippen molar-refractivity contribution in [2.45, 2.75) is 31.9 Å². The first kappa shape index (κ1) is 12.6. The van der Waals surface area contributed by atoms with Gasteiger partial charge in [0.15, 0.2) is 0 Å². The zero-order valence-electron chi connectivity index (χ0n) is 11.1. The van der Waals surface area contributed by atoms with Gasteiger partial charge in [0.1, 0.15) is 0 Å². The predicted octanol–water partition coefficient (Wildman–Crippen LogP) is 2.89. The zero-order valence-corrected chi connectivity index (χ0v) is 11.1. The minimum absolute atomic E-state index is 0.386. The summed E-state index contributed by atoms with van der Waals surface area (Å²) in [6, 6.07) is 10.4. The lowest BCUT2D eigenvalue weighted by Crippen LogP contribution is -2.31. The van der Waals surface area contributed by atoms with Crippen molar-refractivity contribution in [1.82, 2.24) is 10.3 Å². The number of fused-ring (bicyclic) bond motifs is 1. The van der Waals surface area contributed by atoms with E-state index < -0.39 is 0 Å². The van der Waals surface area contributed by atoms with Gasteiger partial charge >= 0.3 is 0 Å². The van der Waals surface area contributed by atoms with E-state index in [0.717, 1.165) is 25.2 Å². The number of nitrogens with zero attached hydrogens (tertiary/aromatic N) is 1. The SMILES string of the molecule is c1cnc2c(CNCC3CCCCO3)cccc2c1. The molecule has 100 valence electrons. The fourth-order valence-corrected chi connectivity index (χ4v) is 2.65. The second-order valence-electron chi connectivity index (χ2n) is 5.11. The minimum atomic E-state index is 0.386. The fraction of sp³-hybridized carbons (Fsp3) is 0.438.